The van der Waals surface area contributed by atoms with E-state index in [0.717, 1.165) is 5.39 Å². The van der Waals surface area contributed by atoms with Gasteiger partial charge in [0, 0.05) is 0 Å². The summed E-state index contributed by atoms with van der Waals surface area (Å²) in [6.45, 7) is 0.298. The molecule has 3 rings (SSSR count). The Balaban J connectivity index is 1.87. The van der Waals surface area contributed by atoms with E-state index in [4.69, 9.17) is 13.6 Å². The summed E-state index contributed by atoms with van der Waals surface area (Å²) in [7, 11) is 1.51. The fourth-order valence-electron chi connectivity index (χ4n) is 2.03. The molecule has 102 valence electrons. The van der Waals surface area contributed by atoms with Crippen LogP contribution in [-0.2, 0) is 6.54 Å². The first-order valence-corrected chi connectivity index (χ1v) is 6.15. The number of rotatable bonds is 4. The minimum atomic E-state index is -0.338. The highest BCUT2D eigenvalue weighted by Crippen LogP contribution is 2.32. The van der Waals surface area contributed by atoms with Crippen molar-refractivity contribution in [3.63, 3.8) is 0 Å². The standard InChI is InChI=1S/C15H13NO4/c1-18-13-11-6-2-3-7-12(11)20-14(13)15(17)16-9-10-5-4-8-19-10/h2-8H,9H2,1H3,(H,16,17). The minimum absolute atomic E-state index is 0.167. The van der Waals surface area contributed by atoms with Gasteiger partial charge in [-0.05, 0) is 24.3 Å². The summed E-state index contributed by atoms with van der Waals surface area (Å²) in [4.78, 5) is 12.2. The van der Waals surface area contributed by atoms with Crippen LogP contribution in [0.25, 0.3) is 11.0 Å². The van der Waals surface area contributed by atoms with Crippen molar-refractivity contribution in [2.45, 2.75) is 6.54 Å². The van der Waals surface area contributed by atoms with Gasteiger partial charge in [0.15, 0.2) is 5.75 Å². The van der Waals surface area contributed by atoms with Crippen molar-refractivity contribution in [3.8, 4) is 5.75 Å². The van der Waals surface area contributed by atoms with Gasteiger partial charge >= 0.3 is 0 Å². The Morgan fingerprint density at radius 1 is 1.25 bits per heavy atom. The fraction of sp³-hybridized carbons (Fsp3) is 0.133. The first-order valence-electron chi connectivity index (χ1n) is 6.15. The van der Waals surface area contributed by atoms with Gasteiger partial charge in [0.25, 0.3) is 5.91 Å². The van der Waals surface area contributed by atoms with E-state index in [2.05, 4.69) is 5.32 Å². The summed E-state index contributed by atoms with van der Waals surface area (Å²) in [6.07, 6.45) is 1.56. The summed E-state index contributed by atoms with van der Waals surface area (Å²) in [5.74, 6) is 0.945. The third-order valence-electron chi connectivity index (χ3n) is 2.96. The van der Waals surface area contributed by atoms with E-state index in [1.165, 1.54) is 7.11 Å². The highest BCUT2D eigenvalue weighted by atomic mass is 16.5. The third-order valence-corrected chi connectivity index (χ3v) is 2.96. The molecule has 0 saturated carbocycles. The molecular formula is C15H13NO4. The van der Waals surface area contributed by atoms with Crippen LogP contribution >= 0.6 is 0 Å². The van der Waals surface area contributed by atoms with Gasteiger partial charge in [-0.1, -0.05) is 12.1 Å². The second kappa shape index (κ2) is 5.13. The maximum Gasteiger partial charge on any atom is 0.291 e. The molecule has 0 radical (unpaired) electrons. The van der Waals surface area contributed by atoms with E-state index in [1.807, 2.05) is 18.2 Å². The summed E-state index contributed by atoms with van der Waals surface area (Å²) >= 11 is 0. The second-order valence-corrected chi connectivity index (χ2v) is 4.22. The van der Waals surface area contributed by atoms with Crippen LogP contribution in [0, 0.1) is 0 Å². The third kappa shape index (κ3) is 2.14. The predicted molar refractivity (Wildman–Crippen MR) is 72.6 cm³/mol. The van der Waals surface area contributed by atoms with Crippen molar-refractivity contribution in [1.82, 2.24) is 5.32 Å². The first kappa shape index (κ1) is 12.3. The van der Waals surface area contributed by atoms with Crippen molar-refractivity contribution in [3.05, 3.63) is 54.2 Å². The monoisotopic (exact) mass is 271 g/mol. The Bertz CT molecular complexity index is 728. The van der Waals surface area contributed by atoms with Gasteiger partial charge in [0.05, 0.1) is 25.3 Å². The maximum atomic E-state index is 12.2. The molecule has 5 nitrogen and oxygen atoms in total. The lowest BCUT2D eigenvalue weighted by Gasteiger charge is -2.02. The first-order chi connectivity index (χ1) is 9.79. The van der Waals surface area contributed by atoms with Crippen molar-refractivity contribution in [2.24, 2.45) is 0 Å². The maximum absolute atomic E-state index is 12.2. The van der Waals surface area contributed by atoms with Gasteiger partial charge in [0.1, 0.15) is 11.3 Å². The molecule has 0 fully saturated rings. The molecule has 5 heteroatoms. The molecule has 1 aromatic carbocycles. The number of para-hydroxylation sites is 1. The Kier molecular flexibility index (Phi) is 3.16. The fourth-order valence-corrected chi connectivity index (χ4v) is 2.03. The van der Waals surface area contributed by atoms with Crippen LogP contribution in [0.4, 0.5) is 0 Å². The molecule has 3 aromatic rings. The number of methoxy groups -OCH3 is 1. The number of hydrogen-bond acceptors (Lipinski definition) is 4. The van der Waals surface area contributed by atoms with Gasteiger partial charge in [-0.25, -0.2) is 0 Å². The van der Waals surface area contributed by atoms with Crippen LogP contribution in [0.1, 0.15) is 16.3 Å². The molecule has 0 atom stereocenters. The summed E-state index contributed by atoms with van der Waals surface area (Å²) < 4.78 is 16.0. The quantitative estimate of drug-likeness (QED) is 0.792. The molecule has 0 bridgehead atoms. The van der Waals surface area contributed by atoms with Gasteiger partial charge in [0.2, 0.25) is 5.76 Å². The van der Waals surface area contributed by atoms with Crippen molar-refractivity contribution in [1.29, 1.82) is 0 Å². The van der Waals surface area contributed by atoms with Gasteiger partial charge < -0.3 is 18.9 Å². The zero-order valence-corrected chi connectivity index (χ0v) is 10.9. The van der Waals surface area contributed by atoms with Crippen LogP contribution in [0.3, 0.4) is 0 Å². The van der Waals surface area contributed by atoms with Crippen LogP contribution in [0.15, 0.2) is 51.5 Å². The number of hydrogen-bond donors (Lipinski definition) is 1. The zero-order valence-electron chi connectivity index (χ0n) is 10.9. The number of nitrogens with one attached hydrogen (secondary N) is 1. The van der Waals surface area contributed by atoms with Gasteiger partial charge in [-0.15, -0.1) is 0 Å². The van der Waals surface area contributed by atoms with Crippen LogP contribution < -0.4 is 10.1 Å². The molecule has 0 saturated heterocycles. The van der Waals surface area contributed by atoms with E-state index in [1.54, 1.807) is 24.5 Å². The lowest BCUT2D eigenvalue weighted by Crippen LogP contribution is -2.22. The second-order valence-electron chi connectivity index (χ2n) is 4.22. The Labute approximate surface area is 115 Å². The van der Waals surface area contributed by atoms with Crippen molar-refractivity contribution in [2.75, 3.05) is 7.11 Å². The van der Waals surface area contributed by atoms with E-state index in [9.17, 15) is 4.79 Å². The highest BCUT2D eigenvalue weighted by Gasteiger charge is 2.21. The molecule has 0 aliphatic heterocycles. The van der Waals surface area contributed by atoms with Crippen LogP contribution in [0.5, 0.6) is 5.75 Å². The lowest BCUT2D eigenvalue weighted by molar-refractivity contribution is 0.0918. The molecule has 0 aliphatic rings. The molecule has 1 amide bonds. The Morgan fingerprint density at radius 2 is 2.10 bits per heavy atom. The van der Waals surface area contributed by atoms with Crippen LogP contribution in [0.2, 0.25) is 0 Å². The summed E-state index contributed by atoms with van der Waals surface area (Å²) in [5, 5.41) is 3.51. The van der Waals surface area contributed by atoms with E-state index >= 15 is 0 Å². The zero-order chi connectivity index (χ0) is 13.9. The van der Waals surface area contributed by atoms with Crippen molar-refractivity contribution >= 4 is 16.9 Å². The molecule has 2 aromatic heterocycles. The minimum Gasteiger partial charge on any atom is -0.492 e. The number of carbonyl (C=O) groups is 1. The van der Waals surface area contributed by atoms with Gasteiger partial charge in [-0.3, -0.25) is 4.79 Å². The Morgan fingerprint density at radius 3 is 2.85 bits per heavy atom. The van der Waals surface area contributed by atoms with Crippen molar-refractivity contribution < 1.29 is 18.4 Å². The number of fused-ring (bicyclic) bond motifs is 1. The van der Waals surface area contributed by atoms with Gasteiger partial charge in [-0.2, -0.15) is 0 Å². The average Bonchev–Trinajstić information content (AvgIpc) is 3.11. The van der Waals surface area contributed by atoms with E-state index in [0.29, 0.717) is 23.6 Å². The number of carbonyl (C=O) groups excluding carboxylic acids is 1. The SMILES string of the molecule is COc1c(C(=O)NCc2ccco2)oc2ccccc12. The lowest BCUT2D eigenvalue weighted by atomic mass is 10.2. The number of benzene rings is 1. The molecule has 20 heavy (non-hydrogen) atoms. The largest absolute Gasteiger partial charge is 0.492 e. The number of ether oxygens (including phenoxy) is 1. The summed E-state index contributed by atoms with van der Waals surface area (Å²) in [6, 6.07) is 10.9. The topological polar surface area (TPSA) is 64.6 Å². The number of furan rings is 2. The number of amides is 1. The predicted octanol–water partition coefficient (Wildman–Crippen LogP) is 2.96. The molecule has 0 aliphatic carbocycles. The van der Waals surface area contributed by atoms with E-state index in [-0.39, 0.29) is 11.7 Å². The smallest absolute Gasteiger partial charge is 0.291 e. The summed E-state index contributed by atoms with van der Waals surface area (Å²) in [5.41, 5.74) is 0.618. The average molecular weight is 271 g/mol. The normalized spacial score (nSPS) is 10.7. The Hall–Kier alpha value is -2.69. The molecule has 1 N–H and O–H groups in total. The molecular weight excluding hydrogens is 258 g/mol. The highest BCUT2D eigenvalue weighted by molar-refractivity contribution is 6.01. The molecule has 0 unspecified atom stereocenters. The van der Waals surface area contributed by atoms with Crippen LogP contribution in [-0.4, -0.2) is 13.0 Å². The molecule has 0 spiro atoms. The molecule has 2 heterocycles. The van der Waals surface area contributed by atoms with E-state index < -0.39 is 0 Å².